The van der Waals surface area contributed by atoms with E-state index in [9.17, 15) is 12.8 Å². The molecule has 0 aliphatic heterocycles. The van der Waals surface area contributed by atoms with Gasteiger partial charge in [-0.25, -0.2) is 12.8 Å². The molecule has 0 aromatic heterocycles. The van der Waals surface area contributed by atoms with E-state index in [0.29, 0.717) is 16.1 Å². The van der Waals surface area contributed by atoms with Gasteiger partial charge in [-0.15, -0.1) is 0 Å². The maximum absolute atomic E-state index is 13.8. The minimum atomic E-state index is -3.30. The van der Waals surface area contributed by atoms with Crippen molar-refractivity contribution in [3.8, 4) is 0 Å². The summed E-state index contributed by atoms with van der Waals surface area (Å²) in [5.74, 6) is -0.419. The van der Waals surface area contributed by atoms with Crippen LogP contribution in [0.25, 0.3) is 0 Å². The molecule has 0 radical (unpaired) electrons. The fraction of sp³-hybridized carbons (Fsp3) is 0.200. The Kier molecular flexibility index (Phi) is 4.66. The van der Waals surface area contributed by atoms with Gasteiger partial charge in [0, 0.05) is 22.9 Å². The Balaban J connectivity index is 2.31. The van der Waals surface area contributed by atoms with Crippen LogP contribution in [0.4, 0.5) is 4.39 Å². The summed E-state index contributed by atoms with van der Waals surface area (Å²) in [7, 11) is -3.30. The van der Waals surface area contributed by atoms with Gasteiger partial charge in [-0.05, 0) is 36.2 Å². The quantitative estimate of drug-likeness (QED) is 0.938. The number of hydrogen-bond acceptors (Lipinski definition) is 3. The van der Waals surface area contributed by atoms with E-state index in [1.165, 1.54) is 24.3 Å². The molecule has 0 amide bonds. The molecule has 21 heavy (non-hydrogen) atoms. The molecule has 6 heteroatoms. The van der Waals surface area contributed by atoms with Crippen LogP contribution in [0.1, 0.15) is 17.2 Å². The van der Waals surface area contributed by atoms with Crippen LogP contribution in [0.2, 0.25) is 5.02 Å². The Bertz CT molecular complexity index is 742. The van der Waals surface area contributed by atoms with Crippen LogP contribution in [-0.4, -0.2) is 14.7 Å². The van der Waals surface area contributed by atoms with Crippen molar-refractivity contribution in [1.82, 2.24) is 0 Å². The third-order valence-corrected chi connectivity index (χ3v) is 4.66. The molecule has 0 saturated heterocycles. The first-order valence-corrected chi connectivity index (χ1v) is 8.54. The third-order valence-electron chi connectivity index (χ3n) is 3.20. The standard InChI is InChI=1S/C15H15ClFNO2S/c1-21(19,20)11-5-2-4-10(8-11)15(18)9-12-13(16)6-3-7-14(12)17/h2-8,15H,9,18H2,1H3. The third kappa shape index (κ3) is 3.81. The van der Waals surface area contributed by atoms with Gasteiger partial charge in [0.05, 0.1) is 4.90 Å². The van der Waals surface area contributed by atoms with Crippen molar-refractivity contribution in [1.29, 1.82) is 0 Å². The highest BCUT2D eigenvalue weighted by Gasteiger charge is 2.15. The van der Waals surface area contributed by atoms with Crippen LogP contribution in [-0.2, 0) is 16.3 Å². The van der Waals surface area contributed by atoms with Crippen LogP contribution in [0.5, 0.6) is 0 Å². The highest BCUT2D eigenvalue weighted by Crippen LogP contribution is 2.25. The molecule has 0 heterocycles. The number of rotatable bonds is 4. The lowest BCUT2D eigenvalue weighted by molar-refractivity contribution is 0.592. The molecule has 0 aliphatic rings. The Hall–Kier alpha value is -1.43. The average molecular weight is 328 g/mol. The van der Waals surface area contributed by atoms with E-state index >= 15 is 0 Å². The predicted molar refractivity (Wildman–Crippen MR) is 81.6 cm³/mol. The highest BCUT2D eigenvalue weighted by molar-refractivity contribution is 7.90. The Morgan fingerprint density at radius 2 is 1.90 bits per heavy atom. The van der Waals surface area contributed by atoms with E-state index in [2.05, 4.69) is 0 Å². The van der Waals surface area contributed by atoms with Gasteiger partial charge in [0.1, 0.15) is 5.82 Å². The van der Waals surface area contributed by atoms with Crippen molar-refractivity contribution >= 4 is 21.4 Å². The second-order valence-corrected chi connectivity index (χ2v) is 7.28. The van der Waals surface area contributed by atoms with Gasteiger partial charge >= 0.3 is 0 Å². The number of nitrogens with two attached hydrogens (primary N) is 1. The summed E-state index contributed by atoms with van der Waals surface area (Å²) < 4.78 is 36.9. The molecule has 1 atom stereocenters. The molecular weight excluding hydrogens is 313 g/mol. The smallest absolute Gasteiger partial charge is 0.175 e. The summed E-state index contributed by atoms with van der Waals surface area (Å²) in [6, 6.07) is 10.2. The molecule has 2 N–H and O–H groups in total. The van der Waals surface area contributed by atoms with E-state index in [1.807, 2.05) is 0 Å². The summed E-state index contributed by atoms with van der Waals surface area (Å²) in [5, 5.41) is 0.310. The van der Waals surface area contributed by atoms with Gasteiger partial charge in [-0.1, -0.05) is 29.8 Å². The van der Waals surface area contributed by atoms with Crippen molar-refractivity contribution in [3.63, 3.8) is 0 Å². The second kappa shape index (κ2) is 6.13. The largest absolute Gasteiger partial charge is 0.324 e. The molecule has 1 unspecified atom stereocenters. The van der Waals surface area contributed by atoms with E-state index < -0.39 is 21.7 Å². The summed E-state index contributed by atoms with van der Waals surface area (Å²) >= 11 is 5.97. The minimum absolute atomic E-state index is 0.190. The lowest BCUT2D eigenvalue weighted by atomic mass is 9.99. The fourth-order valence-corrected chi connectivity index (χ4v) is 2.96. The molecule has 2 aromatic carbocycles. The zero-order valence-electron chi connectivity index (χ0n) is 11.4. The first-order valence-electron chi connectivity index (χ1n) is 6.27. The molecule has 2 rings (SSSR count). The van der Waals surface area contributed by atoms with Crippen molar-refractivity contribution in [2.45, 2.75) is 17.4 Å². The fourth-order valence-electron chi connectivity index (χ4n) is 2.04. The maximum Gasteiger partial charge on any atom is 0.175 e. The van der Waals surface area contributed by atoms with Crippen LogP contribution < -0.4 is 5.73 Å². The van der Waals surface area contributed by atoms with Gasteiger partial charge < -0.3 is 5.73 Å². The van der Waals surface area contributed by atoms with Crippen LogP contribution >= 0.6 is 11.6 Å². The Labute approximate surface area is 128 Å². The zero-order valence-corrected chi connectivity index (χ0v) is 13.0. The average Bonchev–Trinajstić information content (AvgIpc) is 2.42. The van der Waals surface area contributed by atoms with Crippen molar-refractivity contribution in [3.05, 3.63) is 64.4 Å². The maximum atomic E-state index is 13.8. The molecule has 0 bridgehead atoms. The van der Waals surface area contributed by atoms with Gasteiger partial charge in [-0.2, -0.15) is 0 Å². The van der Waals surface area contributed by atoms with E-state index in [1.54, 1.807) is 18.2 Å². The minimum Gasteiger partial charge on any atom is -0.324 e. The van der Waals surface area contributed by atoms with E-state index in [0.717, 1.165) is 6.26 Å². The van der Waals surface area contributed by atoms with Crippen molar-refractivity contribution in [2.24, 2.45) is 5.73 Å². The lowest BCUT2D eigenvalue weighted by Crippen LogP contribution is -2.15. The highest BCUT2D eigenvalue weighted by atomic mass is 35.5. The molecule has 112 valence electrons. The normalized spacial score (nSPS) is 13.1. The number of sulfone groups is 1. The Morgan fingerprint density at radius 3 is 2.52 bits per heavy atom. The molecule has 2 aromatic rings. The predicted octanol–water partition coefficient (Wildman–Crippen LogP) is 3.13. The molecule has 0 spiro atoms. The van der Waals surface area contributed by atoms with Crippen LogP contribution in [0.15, 0.2) is 47.4 Å². The van der Waals surface area contributed by atoms with Gasteiger partial charge in [0.25, 0.3) is 0 Å². The van der Waals surface area contributed by atoms with Gasteiger partial charge in [0.2, 0.25) is 0 Å². The summed E-state index contributed by atoms with van der Waals surface area (Å²) in [4.78, 5) is 0.190. The lowest BCUT2D eigenvalue weighted by Gasteiger charge is -2.14. The monoisotopic (exact) mass is 327 g/mol. The van der Waals surface area contributed by atoms with Crippen molar-refractivity contribution in [2.75, 3.05) is 6.26 Å². The molecule has 0 saturated carbocycles. The summed E-state index contributed by atoms with van der Waals surface area (Å²) in [5.41, 5.74) is 7.01. The first-order chi connectivity index (χ1) is 9.79. The van der Waals surface area contributed by atoms with E-state index in [-0.39, 0.29) is 11.3 Å². The van der Waals surface area contributed by atoms with E-state index in [4.69, 9.17) is 17.3 Å². The molecular formula is C15H15ClFNO2S. The zero-order chi connectivity index (χ0) is 15.6. The Morgan fingerprint density at radius 1 is 1.24 bits per heavy atom. The molecule has 0 aliphatic carbocycles. The van der Waals surface area contributed by atoms with Gasteiger partial charge in [0.15, 0.2) is 9.84 Å². The first kappa shape index (κ1) is 15.9. The molecule has 3 nitrogen and oxygen atoms in total. The number of hydrogen-bond donors (Lipinski definition) is 1. The number of benzene rings is 2. The summed E-state index contributed by atoms with van der Waals surface area (Å²) in [6.45, 7) is 0. The second-order valence-electron chi connectivity index (χ2n) is 4.86. The van der Waals surface area contributed by atoms with Crippen LogP contribution in [0.3, 0.4) is 0 Å². The topological polar surface area (TPSA) is 60.2 Å². The van der Waals surface area contributed by atoms with Crippen LogP contribution in [0, 0.1) is 5.82 Å². The van der Waals surface area contributed by atoms with Gasteiger partial charge in [-0.3, -0.25) is 0 Å². The number of halogens is 2. The SMILES string of the molecule is CS(=O)(=O)c1cccc(C(N)Cc2c(F)cccc2Cl)c1. The summed E-state index contributed by atoms with van der Waals surface area (Å²) in [6.07, 6.45) is 1.32. The molecule has 0 fully saturated rings. The van der Waals surface area contributed by atoms with Crippen molar-refractivity contribution < 1.29 is 12.8 Å².